The molecule has 1 N–H and O–H groups in total. The first-order chi connectivity index (χ1) is 7.24. The zero-order valence-corrected chi connectivity index (χ0v) is 10.4. The number of allylic oxidation sites excluding steroid dienone is 1. The van der Waals surface area contributed by atoms with Crippen molar-refractivity contribution >= 4 is 0 Å². The van der Waals surface area contributed by atoms with Crippen LogP contribution in [0.5, 0.6) is 0 Å². The van der Waals surface area contributed by atoms with Gasteiger partial charge in [0, 0.05) is 19.3 Å². The van der Waals surface area contributed by atoms with Gasteiger partial charge in [0.15, 0.2) is 0 Å². The number of hydrogen-bond donors (Lipinski definition) is 1. The molecule has 0 amide bonds. The Balaban J connectivity index is 2.49. The third kappa shape index (κ3) is 4.80. The monoisotopic (exact) mass is 211 g/mol. The molecule has 0 aromatic heterocycles. The fourth-order valence-corrected chi connectivity index (χ4v) is 2.11. The van der Waals surface area contributed by atoms with Gasteiger partial charge in [0.2, 0.25) is 0 Å². The number of rotatable bonds is 5. The molecule has 0 spiro atoms. The zero-order chi connectivity index (χ0) is 11.1. The van der Waals surface area contributed by atoms with Crippen molar-refractivity contribution in [1.29, 1.82) is 0 Å². The van der Waals surface area contributed by atoms with E-state index in [9.17, 15) is 0 Å². The van der Waals surface area contributed by atoms with Gasteiger partial charge in [-0.3, -0.25) is 0 Å². The molecule has 1 saturated heterocycles. The molecule has 0 aromatic carbocycles. The third-order valence-corrected chi connectivity index (χ3v) is 2.92. The summed E-state index contributed by atoms with van der Waals surface area (Å²) in [6.07, 6.45) is 5.98. The maximum atomic E-state index is 5.41. The van der Waals surface area contributed by atoms with E-state index in [1.807, 2.05) is 0 Å². The molecular formula is C13H25NO. The molecule has 1 aliphatic heterocycles. The molecule has 1 heterocycles. The van der Waals surface area contributed by atoms with E-state index in [1.54, 1.807) is 0 Å². The summed E-state index contributed by atoms with van der Waals surface area (Å²) in [5.41, 5.74) is 1.41. The Morgan fingerprint density at radius 2 is 2.07 bits per heavy atom. The van der Waals surface area contributed by atoms with Crippen LogP contribution in [0.3, 0.4) is 0 Å². The van der Waals surface area contributed by atoms with Crippen LogP contribution < -0.4 is 5.32 Å². The van der Waals surface area contributed by atoms with Crippen molar-refractivity contribution in [3.63, 3.8) is 0 Å². The van der Waals surface area contributed by atoms with Crippen LogP contribution in [-0.2, 0) is 4.74 Å². The second-order valence-electron chi connectivity index (χ2n) is 4.67. The largest absolute Gasteiger partial charge is 0.381 e. The molecule has 0 aromatic rings. The SMILES string of the molecule is CCCNC(C=C(C)C)C1CCOCC1. The summed E-state index contributed by atoms with van der Waals surface area (Å²) in [5.74, 6) is 0.764. The molecule has 1 atom stereocenters. The molecule has 2 heteroatoms. The summed E-state index contributed by atoms with van der Waals surface area (Å²) < 4.78 is 5.41. The summed E-state index contributed by atoms with van der Waals surface area (Å²) in [6, 6.07) is 0.554. The highest BCUT2D eigenvalue weighted by atomic mass is 16.5. The van der Waals surface area contributed by atoms with Crippen LogP contribution in [0, 0.1) is 5.92 Å². The number of nitrogens with one attached hydrogen (secondary N) is 1. The average Bonchev–Trinajstić information content (AvgIpc) is 2.25. The van der Waals surface area contributed by atoms with Gasteiger partial charge in [-0.2, -0.15) is 0 Å². The topological polar surface area (TPSA) is 21.3 Å². The molecule has 1 rings (SSSR count). The maximum absolute atomic E-state index is 5.41. The maximum Gasteiger partial charge on any atom is 0.0469 e. The van der Waals surface area contributed by atoms with Gasteiger partial charge in [-0.1, -0.05) is 18.6 Å². The van der Waals surface area contributed by atoms with E-state index in [0.717, 1.165) is 25.7 Å². The quantitative estimate of drug-likeness (QED) is 0.706. The van der Waals surface area contributed by atoms with Crippen LogP contribution in [0.15, 0.2) is 11.6 Å². The molecule has 0 radical (unpaired) electrons. The van der Waals surface area contributed by atoms with Crippen LogP contribution >= 0.6 is 0 Å². The second kappa shape index (κ2) is 7.02. The smallest absolute Gasteiger partial charge is 0.0469 e. The van der Waals surface area contributed by atoms with Crippen LogP contribution in [0.4, 0.5) is 0 Å². The van der Waals surface area contributed by atoms with Crippen molar-refractivity contribution in [2.45, 2.75) is 46.1 Å². The van der Waals surface area contributed by atoms with E-state index < -0.39 is 0 Å². The third-order valence-electron chi connectivity index (χ3n) is 2.92. The normalized spacial score (nSPS) is 19.9. The van der Waals surface area contributed by atoms with E-state index in [0.29, 0.717) is 6.04 Å². The van der Waals surface area contributed by atoms with Crippen molar-refractivity contribution in [3.05, 3.63) is 11.6 Å². The van der Waals surface area contributed by atoms with Gasteiger partial charge in [0.1, 0.15) is 0 Å². The van der Waals surface area contributed by atoms with Crippen molar-refractivity contribution in [3.8, 4) is 0 Å². The van der Waals surface area contributed by atoms with Crippen molar-refractivity contribution < 1.29 is 4.74 Å². The Hall–Kier alpha value is -0.340. The van der Waals surface area contributed by atoms with E-state index in [-0.39, 0.29) is 0 Å². The first-order valence-corrected chi connectivity index (χ1v) is 6.20. The lowest BCUT2D eigenvalue weighted by molar-refractivity contribution is 0.0591. The van der Waals surface area contributed by atoms with Crippen molar-refractivity contribution in [2.75, 3.05) is 19.8 Å². The second-order valence-corrected chi connectivity index (χ2v) is 4.67. The Morgan fingerprint density at radius 3 is 2.60 bits per heavy atom. The van der Waals surface area contributed by atoms with Crippen molar-refractivity contribution in [2.24, 2.45) is 5.92 Å². The van der Waals surface area contributed by atoms with Crippen LogP contribution in [-0.4, -0.2) is 25.8 Å². The van der Waals surface area contributed by atoms with Gasteiger partial charge in [0.25, 0.3) is 0 Å². The van der Waals surface area contributed by atoms with E-state index in [1.165, 1.54) is 24.8 Å². The fraction of sp³-hybridized carbons (Fsp3) is 0.846. The van der Waals surface area contributed by atoms with Gasteiger partial charge >= 0.3 is 0 Å². The van der Waals surface area contributed by atoms with Gasteiger partial charge in [-0.05, 0) is 45.6 Å². The molecule has 15 heavy (non-hydrogen) atoms. The van der Waals surface area contributed by atoms with Gasteiger partial charge in [-0.25, -0.2) is 0 Å². The highest BCUT2D eigenvalue weighted by Gasteiger charge is 2.21. The molecule has 1 fully saturated rings. The van der Waals surface area contributed by atoms with Gasteiger partial charge in [-0.15, -0.1) is 0 Å². The summed E-state index contributed by atoms with van der Waals surface area (Å²) in [6.45, 7) is 9.57. The van der Waals surface area contributed by atoms with Crippen LogP contribution in [0.25, 0.3) is 0 Å². The Bertz CT molecular complexity index is 191. The molecule has 1 aliphatic rings. The molecule has 0 aliphatic carbocycles. The molecule has 1 unspecified atom stereocenters. The molecule has 2 nitrogen and oxygen atoms in total. The standard InChI is InChI=1S/C13H25NO/c1-4-7-14-13(10-11(2)3)12-5-8-15-9-6-12/h10,12-14H,4-9H2,1-3H3. The summed E-state index contributed by atoms with van der Waals surface area (Å²) in [5, 5.41) is 3.64. The predicted octanol–water partition coefficient (Wildman–Crippen LogP) is 2.75. The minimum absolute atomic E-state index is 0.554. The predicted molar refractivity (Wildman–Crippen MR) is 65.1 cm³/mol. The van der Waals surface area contributed by atoms with Crippen molar-refractivity contribution in [1.82, 2.24) is 5.32 Å². The number of ether oxygens (including phenoxy) is 1. The summed E-state index contributed by atoms with van der Waals surface area (Å²) in [7, 11) is 0. The van der Waals surface area contributed by atoms with Gasteiger partial charge < -0.3 is 10.1 Å². The lowest BCUT2D eigenvalue weighted by Gasteiger charge is -2.29. The minimum atomic E-state index is 0.554. The first kappa shape index (κ1) is 12.7. The minimum Gasteiger partial charge on any atom is -0.381 e. The molecule has 0 bridgehead atoms. The lowest BCUT2D eigenvalue weighted by Crippen LogP contribution is -2.38. The first-order valence-electron chi connectivity index (χ1n) is 6.20. The molecule has 88 valence electrons. The summed E-state index contributed by atoms with van der Waals surface area (Å²) >= 11 is 0. The number of hydrogen-bond acceptors (Lipinski definition) is 2. The van der Waals surface area contributed by atoms with E-state index in [4.69, 9.17) is 4.74 Å². The Morgan fingerprint density at radius 1 is 1.40 bits per heavy atom. The van der Waals surface area contributed by atoms with E-state index >= 15 is 0 Å². The Kier molecular flexibility index (Phi) is 5.96. The fourth-order valence-electron chi connectivity index (χ4n) is 2.11. The Labute approximate surface area is 94.1 Å². The van der Waals surface area contributed by atoms with Crippen LogP contribution in [0.2, 0.25) is 0 Å². The van der Waals surface area contributed by atoms with E-state index in [2.05, 4.69) is 32.2 Å². The molecular weight excluding hydrogens is 186 g/mol. The highest BCUT2D eigenvalue weighted by molar-refractivity contribution is 5.03. The zero-order valence-electron chi connectivity index (χ0n) is 10.4. The lowest BCUT2D eigenvalue weighted by atomic mass is 9.90. The van der Waals surface area contributed by atoms with Crippen LogP contribution in [0.1, 0.15) is 40.0 Å². The average molecular weight is 211 g/mol. The van der Waals surface area contributed by atoms with Gasteiger partial charge in [0.05, 0.1) is 0 Å². The molecule has 0 saturated carbocycles. The highest BCUT2D eigenvalue weighted by Crippen LogP contribution is 2.20. The summed E-state index contributed by atoms with van der Waals surface area (Å²) in [4.78, 5) is 0.